The summed E-state index contributed by atoms with van der Waals surface area (Å²) in [7, 11) is 0. The lowest BCUT2D eigenvalue weighted by Crippen LogP contribution is -2.47. The molecule has 3 N–H and O–H groups in total. The minimum absolute atomic E-state index is 0.174. The highest BCUT2D eigenvalue weighted by Gasteiger charge is 2.23. The summed E-state index contributed by atoms with van der Waals surface area (Å²) in [6.45, 7) is 3.82. The van der Waals surface area contributed by atoms with Gasteiger partial charge in [-0.15, -0.1) is 0 Å². The topological polar surface area (TPSA) is 90.1 Å². The standard InChI is InChI=1S/C16H19FN4O2/c1-16(2,21-15(18)22)9-13-14(20-7-6-19-13)23-10-11-4-3-5-12(17)8-11/h3-8H,9-10H2,1-2H3,(H3,18,21,22). The first kappa shape index (κ1) is 16.7. The van der Waals surface area contributed by atoms with Gasteiger partial charge in [-0.1, -0.05) is 12.1 Å². The minimum Gasteiger partial charge on any atom is -0.471 e. The molecule has 0 aliphatic carbocycles. The van der Waals surface area contributed by atoms with Crippen LogP contribution in [0, 0.1) is 5.82 Å². The molecule has 0 aliphatic rings. The van der Waals surface area contributed by atoms with Crippen LogP contribution in [-0.2, 0) is 13.0 Å². The number of benzene rings is 1. The van der Waals surface area contributed by atoms with Gasteiger partial charge in [0.15, 0.2) is 0 Å². The van der Waals surface area contributed by atoms with Crippen molar-refractivity contribution in [2.45, 2.75) is 32.4 Å². The lowest BCUT2D eigenvalue weighted by molar-refractivity contribution is 0.236. The van der Waals surface area contributed by atoms with Gasteiger partial charge in [0.05, 0.1) is 0 Å². The van der Waals surface area contributed by atoms with E-state index in [2.05, 4.69) is 15.3 Å². The molecule has 0 saturated heterocycles. The summed E-state index contributed by atoms with van der Waals surface area (Å²) in [5.41, 5.74) is 5.84. The molecule has 1 heterocycles. The maximum absolute atomic E-state index is 13.2. The van der Waals surface area contributed by atoms with Crippen molar-refractivity contribution < 1.29 is 13.9 Å². The fourth-order valence-electron chi connectivity index (χ4n) is 2.17. The van der Waals surface area contributed by atoms with E-state index < -0.39 is 11.6 Å². The Morgan fingerprint density at radius 3 is 2.78 bits per heavy atom. The van der Waals surface area contributed by atoms with Crippen molar-refractivity contribution in [2.24, 2.45) is 5.73 Å². The van der Waals surface area contributed by atoms with Gasteiger partial charge in [-0.05, 0) is 31.5 Å². The first-order valence-corrected chi connectivity index (χ1v) is 7.10. The van der Waals surface area contributed by atoms with E-state index in [1.165, 1.54) is 18.3 Å². The van der Waals surface area contributed by atoms with E-state index in [1.807, 2.05) is 13.8 Å². The van der Waals surface area contributed by atoms with E-state index in [9.17, 15) is 9.18 Å². The van der Waals surface area contributed by atoms with Crippen LogP contribution in [0.15, 0.2) is 36.7 Å². The average molecular weight is 318 g/mol. The zero-order chi connectivity index (χ0) is 16.9. The molecule has 0 fully saturated rings. The number of nitrogens with zero attached hydrogens (tertiary/aromatic N) is 2. The van der Waals surface area contributed by atoms with Gasteiger partial charge in [0.1, 0.15) is 18.1 Å². The zero-order valence-corrected chi connectivity index (χ0v) is 13.0. The third-order valence-electron chi connectivity index (χ3n) is 3.07. The van der Waals surface area contributed by atoms with E-state index in [4.69, 9.17) is 10.5 Å². The predicted octanol–water partition coefficient (Wildman–Crippen LogP) is 2.18. The Bertz CT molecular complexity index is 691. The Kier molecular flexibility index (Phi) is 5.10. The van der Waals surface area contributed by atoms with Gasteiger partial charge in [0.2, 0.25) is 5.88 Å². The summed E-state index contributed by atoms with van der Waals surface area (Å²) in [5.74, 6) is 0.0216. The predicted molar refractivity (Wildman–Crippen MR) is 83.3 cm³/mol. The SMILES string of the molecule is CC(C)(Cc1nccnc1OCc1cccc(F)c1)NC(N)=O. The van der Waals surface area contributed by atoms with Crippen LogP contribution < -0.4 is 15.8 Å². The number of amides is 2. The third kappa shape index (κ3) is 5.21. The van der Waals surface area contributed by atoms with Gasteiger partial charge in [0, 0.05) is 24.4 Å². The van der Waals surface area contributed by atoms with Crippen molar-refractivity contribution in [2.75, 3.05) is 0 Å². The summed E-state index contributed by atoms with van der Waals surface area (Å²) in [4.78, 5) is 19.4. The van der Waals surface area contributed by atoms with Crippen LogP contribution >= 0.6 is 0 Å². The largest absolute Gasteiger partial charge is 0.471 e. The van der Waals surface area contributed by atoms with Crippen LogP contribution in [0.5, 0.6) is 5.88 Å². The number of ether oxygens (including phenoxy) is 1. The molecule has 0 radical (unpaired) electrons. The number of rotatable bonds is 6. The molecule has 2 aromatic rings. The molecule has 0 aliphatic heterocycles. The van der Waals surface area contributed by atoms with E-state index in [-0.39, 0.29) is 12.4 Å². The Hall–Kier alpha value is -2.70. The molecule has 2 amide bonds. The highest BCUT2D eigenvalue weighted by Crippen LogP contribution is 2.19. The smallest absolute Gasteiger partial charge is 0.312 e. The first-order chi connectivity index (χ1) is 10.9. The maximum atomic E-state index is 13.2. The van der Waals surface area contributed by atoms with Crippen LogP contribution in [0.4, 0.5) is 9.18 Å². The molecule has 0 atom stereocenters. The molecule has 0 spiro atoms. The van der Waals surface area contributed by atoms with Gasteiger partial charge >= 0.3 is 6.03 Å². The van der Waals surface area contributed by atoms with Crippen LogP contribution in [0.2, 0.25) is 0 Å². The lowest BCUT2D eigenvalue weighted by atomic mass is 9.98. The van der Waals surface area contributed by atoms with E-state index in [1.54, 1.807) is 18.3 Å². The number of carbonyl (C=O) groups excluding carboxylic acids is 1. The molecule has 23 heavy (non-hydrogen) atoms. The first-order valence-electron chi connectivity index (χ1n) is 7.10. The molecule has 2 rings (SSSR count). The van der Waals surface area contributed by atoms with Crippen molar-refractivity contribution in [3.05, 3.63) is 53.7 Å². The van der Waals surface area contributed by atoms with Crippen molar-refractivity contribution >= 4 is 6.03 Å². The maximum Gasteiger partial charge on any atom is 0.312 e. The minimum atomic E-state index is -0.610. The molecule has 0 saturated carbocycles. The Balaban J connectivity index is 2.09. The lowest BCUT2D eigenvalue weighted by Gasteiger charge is -2.25. The number of nitrogens with one attached hydrogen (secondary N) is 1. The van der Waals surface area contributed by atoms with Gasteiger partial charge in [-0.25, -0.2) is 14.2 Å². The van der Waals surface area contributed by atoms with Crippen molar-refractivity contribution in [3.8, 4) is 5.88 Å². The Morgan fingerprint density at radius 2 is 2.09 bits per heavy atom. The third-order valence-corrected chi connectivity index (χ3v) is 3.07. The number of carbonyl (C=O) groups is 1. The van der Waals surface area contributed by atoms with E-state index in [0.717, 1.165) is 0 Å². The Labute approximate surface area is 133 Å². The fourth-order valence-corrected chi connectivity index (χ4v) is 2.17. The normalized spacial score (nSPS) is 11.1. The molecule has 6 nitrogen and oxygen atoms in total. The van der Waals surface area contributed by atoms with Gasteiger partial charge < -0.3 is 15.8 Å². The molecule has 1 aromatic heterocycles. The number of nitrogens with two attached hydrogens (primary N) is 1. The van der Waals surface area contributed by atoms with Crippen LogP contribution in [0.3, 0.4) is 0 Å². The number of hydrogen-bond acceptors (Lipinski definition) is 4. The second-order valence-electron chi connectivity index (χ2n) is 5.78. The molecular weight excluding hydrogens is 299 g/mol. The molecule has 0 unspecified atom stereocenters. The van der Waals surface area contributed by atoms with Gasteiger partial charge in [0.25, 0.3) is 0 Å². The number of aromatic nitrogens is 2. The second kappa shape index (κ2) is 7.04. The highest BCUT2D eigenvalue weighted by molar-refractivity contribution is 5.72. The van der Waals surface area contributed by atoms with E-state index >= 15 is 0 Å². The number of primary amides is 1. The summed E-state index contributed by atoms with van der Waals surface area (Å²) >= 11 is 0. The summed E-state index contributed by atoms with van der Waals surface area (Å²) in [6, 6.07) is 5.54. The van der Waals surface area contributed by atoms with Crippen molar-refractivity contribution in [1.82, 2.24) is 15.3 Å². The van der Waals surface area contributed by atoms with Crippen LogP contribution in [-0.4, -0.2) is 21.5 Å². The second-order valence-corrected chi connectivity index (χ2v) is 5.78. The summed E-state index contributed by atoms with van der Waals surface area (Å²) < 4.78 is 18.8. The number of urea groups is 1. The van der Waals surface area contributed by atoms with E-state index in [0.29, 0.717) is 23.6 Å². The zero-order valence-electron chi connectivity index (χ0n) is 13.0. The van der Waals surface area contributed by atoms with Crippen LogP contribution in [0.25, 0.3) is 0 Å². The summed E-state index contributed by atoms with van der Waals surface area (Å²) in [5, 5.41) is 2.64. The average Bonchev–Trinajstić information content (AvgIpc) is 2.44. The highest BCUT2D eigenvalue weighted by atomic mass is 19.1. The number of halogens is 1. The van der Waals surface area contributed by atoms with Crippen molar-refractivity contribution in [3.63, 3.8) is 0 Å². The Morgan fingerprint density at radius 1 is 1.35 bits per heavy atom. The fraction of sp³-hybridized carbons (Fsp3) is 0.312. The molecule has 0 bridgehead atoms. The molecule has 1 aromatic carbocycles. The monoisotopic (exact) mass is 318 g/mol. The molecule has 122 valence electrons. The molecule has 7 heteroatoms. The molecular formula is C16H19FN4O2. The summed E-state index contributed by atoms with van der Waals surface area (Å²) in [6.07, 6.45) is 3.45. The number of hydrogen-bond donors (Lipinski definition) is 2. The quantitative estimate of drug-likeness (QED) is 0.854. The van der Waals surface area contributed by atoms with Crippen LogP contribution in [0.1, 0.15) is 25.1 Å². The van der Waals surface area contributed by atoms with Crippen molar-refractivity contribution in [1.29, 1.82) is 0 Å². The van der Waals surface area contributed by atoms with Gasteiger partial charge in [-0.2, -0.15) is 0 Å². The van der Waals surface area contributed by atoms with Gasteiger partial charge in [-0.3, -0.25) is 4.98 Å².